The summed E-state index contributed by atoms with van der Waals surface area (Å²) in [6, 6.07) is 2.20. The highest BCUT2D eigenvalue weighted by Crippen LogP contribution is 2.18. The van der Waals surface area contributed by atoms with Gasteiger partial charge in [-0.3, -0.25) is 0 Å². The Bertz CT molecular complexity index is 199. The van der Waals surface area contributed by atoms with Crippen LogP contribution >= 0.6 is 11.3 Å². The molecule has 0 saturated carbocycles. The van der Waals surface area contributed by atoms with Gasteiger partial charge in [0.1, 0.15) is 0 Å². The normalized spacial score (nSPS) is 9.50. The highest BCUT2D eigenvalue weighted by atomic mass is 32.1. The van der Waals surface area contributed by atoms with Gasteiger partial charge in [-0.1, -0.05) is 27.7 Å². The maximum absolute atomic E-state index is 2.26. The van der Waals surface area contributed by atoms with E-state index in [4.69, 9.17) is 0 Å². The zero-order valence-electron chi connectivity index (χ0n) is 8.85. The van der Waals surface area contributed by atoms with Gasteiger partial charge < -0.3 is 0 Å². The maximum Gasteiger partial charge on any atom is 0.00769 e. The third-order valence-electron chi connectivity index (χ3n) is 1.56. The summed E-state index contributed by atoms with van der Waals surface area (Å²) in [5, 5.41) is 2.17. The molecule has 0 saturated heterocycles. The molecule has 0 atom stereocenters. The lowest BCUT2D eigenvalue weighted by Gasteiger charge is -2.01. The predicted molar refractivity (Wildman–Crippen MR) is 58.9 cm³/mol. The van der Waals surface area contributed by atoms with Gasteiger partial charge in [-0.25, -0.2) is 0 Å². The molecular formula is C11H20S. The van der Waals surface area contributed by atoms with Gasteiger partial charge in [0.25, 0.3) is 0 Å². The van der Waals surface area contributed by atoms with Gasteiger partial charge in [0.2, 0.25) is 0 Å². The first-order chi connectivity index (χ1) is 5.70. The summed E-state index contributed by atoms with van der Waals surface area (Å²) in [6.45, 7) is 10.7. The Morgan fingerprint density at radius 2 is 1.92 bits per heavy atom. The second-order valence-corrected chi connectivity index (χ2v) is 4.13. The van der Waals surface area contributed by atoms with E-state index >= 15 is 0 Å². The minimum absolute atomic E-state index is 0.789. The van der Waals surface area contributed by atoms with Crippen molar-refractivity contribution >= 4 is 11.3 Å². The quantitative estimate of drug-likeness (QED) is 0.643. The van der Waals surface area contributed by atoms with Crippen molar-refractivity contribution in [2.75, 3.05) is 0 Å². The monoisotopic (exact) mass is 184 g/mol. The molecule has 1 rings (SSSR count). The molecule has 0 spiro atoms. The van der Waals surface area contributed by atoms with Gasteiger partial charge in [-0.05, 0) is 36.3 Å². The first-order valence-electron chi connectivity index (χ1n) is 4.73. The molecule has 0 radical (unpaired) electrons. The molecule has 0 aliphatic carbocycles. The van der Waals surface area contributed by atoms with E-state index in [9.17, 15) is 0 Å². The van der Waals surface area contributed by atoms with Crippen molar-refractivity contribution in [3.05, 3.63) is 21.9 Å². The van der Waals surface area contributed by atoms with Crippen molar-refractivity contribution in [2.45, 2.75) is 41.0 Å². The average molecular weight is 184 g/mol. The van der Waals surface area contributed by atoms with E-state index in [0.717, 1.165) is 5.92 Å². The first kappa shape index (κ1) is 11.7. The van der Waals surface area contributed by atoms with Crippen molar-refractivity contribution in [1.82, 2.24) is 0 Å². The van der Waals surface area contributed by atoms with Gasteiger partial charge in [0.05, 0.1) is 0 Å². The second kappa shape index (κ2) is 6.24. The number of aryl methyl sites for hydroxylation is 1. The van der Waals surface area contributed by atoms with Crippen LogP contribution < -0.4 is 0 Å². The lowest BCUT2D eigenvalue weighted by molar-refractivity contribution is 0.652. The fourth-order valence-electron chi connectivity index (χ4n) is 0.984. The Balaban J connectivity index is 0.000000561. The van der Waals surface area contributed by atoms with E-state index in [-0.39, 0.29) is 0 Å². The maximum atomic E-state index is 2.26. The fourth-order valence-corrected chi connectivity index (χ4v) is 2.10. The molecule has 0 fully saturated rings. The largest absolute Gasteiger partial charge is 0.149 e. The van der Waals surface area contributed by atoms with Crippen molar-refractivity contribution in [3.8, 4) is 0 Å². The predicted octanol–water partition coefficient (Wildman–Crippen LogP) is 4.28. The summed E-state index contributed by atoms with van der Waals surface area (Å²) < 4.78 is 0. The molecular weight excluding hydrogens is 164 g/mol. The van der Waals surface area contributed by atoms with Crippen LogP contribution in [0, 0.1) is 12.8 Å². The lowest BCUT2D eigenvalue weighted by atomic mass is 10.1. The third-order valence-corrected chi connectivity index (χ3v) is 2.61. The van der Waals surface area contributed by atoms with Crippen molar-refractivity contribution in [1.29, 1.82) is 0 Å². The molecule has 1 heteroatoms. The molecule has 0 aliphatic rings. The molecule has 0 aliphatic heterocycles. The van der Waals surface area contributed by atoms with E-state index < -0.39 is 0 Å². The summed E-state index contributed by atoms with van der Waals surface area (Å²) in [5.74, 6) is 0.789. The minimum atomic E-state index is 0.789. The van der Waals surface area contributed by atoms with Crippen LogP contribution in [0.2, 0.25) is 0 Å². The molecule has 1 heterocycles. The molecule has 0 unspecified atom stereocenters. The fraction of sp³-hybridized carbons (Fsp3) is 0.636. The minimum Gasteiger partial charge on any atom is -0.149 e. The van der Waals surface area contributed by atoms with E-state index in [1.807, 2.05) is 25.2 Å². The van der Waals surface area contributed by atoms with Gasteiger partial charge >= 0.3 is 0 Å². The van der Waals surface area contributed by atoms with Crippen LogP contribution in [0.1, 0.15) is 38.1 Å². The van der Waals surface area contributed by atoms with Crippen molar-refractivity contribution in [2.24, 2.45) is 5.92 Å². The van der Waals surface area contributed by atoms with Gasteiger partial charge in [0.15, 0.2) is 0 Å². The molecule has 0 amide bonds. The van der Waals surface area contributed by atoms with Crippen LogP contribution in [-0.2, 0) is 6.42 Å². The Morgan fingerprint density at radius 3 is 2.25 bits per heavy atom. The summed E-state index contributed by atoms with van der Waals surface area (Å²) in [6.07, 6.45) is 1.24. The number of hydrogen-bond acceptors (Lipinski definition) is 1. The van der Waals surface area contributed by atoms with Gasteiger partial charge in [0, 0.05) is 4.88 Å². The summed E-state index contributed by atoms with van der Waals surface area (Å²) >= 11 is 1.88. The Labute approximate surface area is 80.6 Å². The van der Waals surface area contributed by atoms with E-state index in [1.54, 1.807) is 4.88 Å². The van der Waals surface area contributed by atoms with Crippen LogP contribution in [0.4, 0.5) is 0 Å². The van der Waals surface area contributed by atoms with E-state index in [2.05, 4.69) is 32.2 Å². The van der Waals surface area contributed by atoms with Crippen LogP contribution in [0.5, 0.6) is 0 Å². The molecule has 0 nitrogen and oxygen atoms in total. The van der Waals surface area contributed by atoms with Crippen LogP contribution in [0.3, 0.4) is 0 Å². The number of thiophene rings is 1. The average Bonchev–Trinajstić information content (AvgIpc) is 2.40. The van der Waals surface area contributed by atoms with Gasteiger partial charge in [-0.2, -0.15) is 0 Å². The highest BCUT2D eigenvalue weighted by Gasteiger charge is 2.01. The van der Waals surface area contributed by atoms with Crippen LogP contribution in [-0.4, -0.2) is 0 Å². The molecule has 70 valence electrons. The smallest absolute Gasteiger partial charge is 0.00769 e. The Morgan fingerprint density at radius 1 is 1.33 bits per heavy atom. The Hall–Kier alpha value is -0.300. The molecule has 1 aromatic heterocycles. The summed E-state index contributed by atoms with van der Waals surface area (Å²) in [7, 11) is 0. The standard InChI is InChI=1S/C9H14S.C2H6/c1-7(2)6-9-8(3)4-5-10-9;1-2/h4-5,7H,6H2,1-3H3;1-2H3. The second-order valence-electron chi connectivity index (χ2n) is 3.12. The molecule has 1 aromatic rings. The Kier molecular flexibility index (Phi) is 6.09. The van der Waals surface area contributed by atoms with Crippen molar-refractivity contribution < 1.29 is 0 Å². The zero-order chi connectivity index (χ0) is 9.56. The molecule has 12 heavy (non-hydrogen) atoms. The van der Waals surface area contributed by atoms with E-state index in [1.165, 1.54) is 12.0 Å². The van der Waals surface area contributed by atoms with Crippen LogP contribution in [0.15, 0.2) is 11.4 Å². The molecule has 0 N–H and O–H groups in total. The number of hydrogen-bond donors (Lipinski definition) is 0. The van der Waals surface area contributed by atoms with Crippen molar-refractivity contribution in [3.63, 3.8) is 0 Å². The van der Waals surface area contributed by atoms with Gasteiger partial charge in [-0.15, -0.1) is 11.3 Å². The first-order valence-corrected chi connectivity index (χ1v) is 5.61. The highest BCUT2D eigenvalue weighted by molar-refractivity contribution is 7.10. The van der Waals surface area contributed by atoms with Crippen LogP contribution in [0.25, 0.3) is 0 Å². The SMILES string of the molecule is CC.Cc1ccsc1CC(C)C. The molecule has 0 bridgehead atoms. The topological polar surface area (TPSA) is 0 Å². The summed E-state index contributed by atoms with van der Waals surface area (Å²) in [4.78, 5) is 1.55. The van der Waals surface area contributed by atoms with E-state index in [0.29, 0.717) is 0 Å². The zero-order valence-corrected chi connectivity index (χ0v) is 9.66. The molecule has 0 aromatic carbocycles. The number of rotatable bonds is 2. The third kappa shape index (κ3) is 3.91. The summed E-state index contributed by atoms with van der Waals surface area (Å²) in [5.41, 5.74) is 1.46. The lowest BCUT2D eigenvalue weighted by Crippen LogP contribution is -1.91.